The van der Waals surface area contributed by atoms with Gasteiger partial charge in [0, 0.05) is 25.9 Å². The van der Waals surface area contributed by atoms with Crippen LogP contribution in [0.25, 0.3) is 0 Å². The van der Waals surface area contributed by atoms with Crippen LogP contribution >= 0.6 is 11.8 Å². The maximum Gasteiger partial charge on any atom is 0.275 e. The van der Waals surface area contributed by atoms with Crippen LogP contribution in [-0.4, -0.2) is 59.9 Å². The first kappa shape index (κ1) is 16.8. The number of aromatic nitrogens is 1. The van der Waals surface area contributed by atoms with E-state index in [-0.39, 0.29) is 11.9 Å². The minimum Gasteiger partial charge on any atom is -0.446 e. The lowest BCUT2D eigenvalue weighted by Crippen LogP contribution is -2.47. The summed E-state index contributed by atoms with van der Waals surface area (Å²) in [5.41, 5.74) is 6.35. The number of hydrogen-bond acceptors (Lipinski definition) is 7. The highest BCUT2D eigenvalue weighted by molar-refractivity contribution is 7.98. The molecule has 2 aliphatic heterocycles. The summed E-state index contributed by atoms with van der Waals surface area (Å²) < 4.78 is 16.7. The molecule has 2 fully saturated rings. The second kappa shape index (κ2) is 7.21. The van der Waals surface area contributed by atoms with Gasteiger partial charge in [0.25, 0.3) is 5.91 Å². The Hall–Kier alpha value is -1.09. The van der Waals surface area contributed by atoms with Crippen molar-refractivity contribution < 1.29 is 18.7 Å². The van der Waals surface area contributed by atoms with Gasteiger partial charge in [0.1, 0.15) is 6.26 Å². The van der Waals surface area contributed by atoms with Crippen molar-refractivity contribution in [2.45, 2.75) is 31.1 Å². The number of carbonyl (C=O) groups excluding carboxylic acids is 1. The minimum atomic E-state index is -0.480. The molecule has 8 heteroatoms. The van der Waals surface area contributed by atoms with E-state index in [9.17, 15) is 4.79 Å². The Morgan fingerprint density at radius 2 is 2.13 bits per heavy atom. The second-order valence-corrected chi connectivity index (χ2v) is 6.84. The van der Waals surface area contributed by atoms with Crippen molar-refractivity contribution in [1.82, 2.24) is 9.88 Å². The SMILES string of the molecule is CSCCC(N)c1nc(C(=O)N2CCC3(CC2)OCCO3)co1. The largest absolute Gasteiger partial charge is 0.446 e. The Bertz CT molecular complexity index is 535. The van der Waals surface area contributed by atoms with Gasteiger partial charge in [-0.1, -0.05) is 0 Å². The van der Waals surface area contributed by atoms with Gasteiger partial charge in [-0.15, -0.1) is 0 Å². The van der Waals surface area contributed by atoms with Crippen molar-refractivity contribution >= 4 is 17.7 Å². The van der Waals surface area contributed by atoms with E-state index < -0.39 is 5.79 Å². The van der Waals surface area contributed by atoms with Gasteiger partial charge in [-0.2, -0.15) is 11.8 Å². The van der Waals surface area contributed by atoms with Crippen LogP contribution in [-0.2, 0) is 9.47 Å². The summed E-state index contributed by atoms with van der Waals surface area (Å²) in [4.78, 5) is 18.6. The maximum atomic E-state index is 12.5. The molecule has 3 heterocycles. The fourth-order valence-electron chi connectivity index (χ4n) is 2.92. The molecule has 7 nitrogen and oxygen atoms in total. The number of ether oxygens (including phenoxy) is 2. The van der Waals surface area contributed by atoms with Crippen molar-refractivity contribution in [3.8, 4) is 0 Å². The van der Waals surface area contributed by atoms with Crippen LogP contribution in [0.2, 0.25) is 0 Å². The Labute approximate surface area is 139 Å². The number of nitrogens with two attached hydrogens (primary N) is 1. The normalized spacial score (nSPS) is 21.7. The summed E-state index contributed by atoms with van der Waals surface area (Å²) in [6, 6.07) is -0.270. The average molecular weight is 341 g/mol. The zero-order valence-electron chi connectivity index (χ0n) is 13.3. The lowest BCUT2D eigenvalue weighted by atomic mass is 10.0. The molecule has 1 amide bonds. The van der Waals surface area contributed by atoms with Crippen molar-refractivity contribution in [1.29, 1.82) is 0 Å². The van der Waals surface area contributed by atoms with Crippen LogP contribution in [0.3, 0.4) is 0 Å². The third-order valence-electron chi connectivity index (χ3n) is 4.32. The van der Waals surface area contributed by atoms with Gasteiger partial charge in [-0.05, 0) is 18.4 Å². The molecule has 23 heavy (non-hydrogen) atoms. The summed E-state index contributed by atoms with van der Waals surface area (Å²) in [6.07, 6.45) is 5.59. The third kappa shape index (κ3) is 3.71. The second-order valence-electron chi connectivity index (χ2n) is 5.86. The summed E-state index contributed by atoms with van der Waals surface area (Å²) >= 11 is 1.72. The molecule has 1 aromatic rings. The molecule has 128 valence electrons. The van der Waals surface area contributed by atoms with Gasteiger partial charge in [-0.25, -0.2) is 4.98 Å². The van der Waals surface area contributed by atoms with Crippen LogP contribution in [0.5, 0.6) is 0 Å². The number of piperidine rings is 1. The topological polar surface area (TPSA) is 90.8 Å². The van der Waals surface area contributed by atoms with E-state index in [2.05, 4.69) is 4.98 Å². The van der Waals surface area contributed by atoms with E-state index >= 15 is 0 Å². The molecular weight excluding hydrogens is 318 g/mol. The monoisotopic (exact) mass is 341 g/mol. The van der Waals surface area contributed by atoms with E-state index in [1.807, 2.05) is 6.26 Å². The van der Waals surface area contributed by atoms with E-state index in [0.717, 1.165) is 12.2 Å². The van der Waals surface area contributed by atoms with Crippen LogP contribution < -0.4 is 5.73 Å². The van der Waals surface area contributed by atoms with E-state index in [0.29, 0.717) is 50.7 Å². The zero-order chi connectivity index (χ0) is 16.3. The molecule has 2 aliphatic rings. The lowest BCUT2D eigenvalue weighted by molar-refractivity contribution is -0.181. The van der Waals surface area contributed by atoms with Crippen molar-refractivity contribution in [2.75, 3.05) is 38.3 Å². The first-order valence-electron chi connectivity index (χ1n) is 7.91. The third-order valence-corrected chi connectivity index (χ3v) is 4.96. The highest BCUT2D eigenvalue weighted by atomic mass is 32.2. The fourth-order valence-corrected chi connectivity index (χ4v) is 3.41. The molecular formula is C15H23N3O4S. The molecule has 1 unspecified atom stereocenters. The molecule has 0 saturated carbocycles. The molecule has 0 aliphatic carbocycles. The molecule has 2 saturated heterocycles. The summed E-state index contributed by atoms with van der Waals surface area (Å²) in [5.74, 6) is 0.760. The minimum absolute atomic E-state index is 0.120. The molecule has 1 aromatic heterocycles. The van der Waals surface area contributed by atoms with Gasteiger partial charge in [0.15, 0.2) is 11.5 Å². The number of oxazole rings is 1. The highest BCUT2D eigenvalue weighted by Crippen LogP contribution is 2.31. The van der Waals surface area contributed by atoms with E-state index in [1.165, 1.54) is 6.26 Å². The number of thioether (sulfide) groups is 1. The molecule has 1 spiro atoms. The molecule has 1 atom stereocenters. The molecule has 0 radical (unpaired) electrons. The quantitative estimate of drug-likeness (QED) is 0.866. The lowest BCUT2D eigenvalue weighted by Gasteiger charge is -2.37. The van der Waals surface area contributed by atoms with Crippen LogP contribution in [0.15, 0.2) is 10.7 Å². The molecule has 0 aromatic carbocycles. The van der Waals surface area contributed by atoms with Crippen LogP contribution in [0, 0.1) is 0 Å². The Morgan fingerprint density at radius 3 is 2.78 bits per heavy atom. The Balaban J connectivity index is 1.57. The standard InChI is InChI=1S/C15H23N3O4S/c1-23-9-2-11(16)13-17-12(10-20-13)14(19)18-5-3-15(4-6-18)21-7-8-22-15/h10-11H,2-9,16H2,1H3. The molecule has 3 rings (SSSR count). The number of likely N-dealkylation sites (tertiary alicyclic amines) is 1. The Kier molecular flexibility index (Phi) is 5.25. The molecule has 0 bridgehead atoms. The molecule has 2 N–H and O–H groups in total. The van der Waals surface area contributed by atoms with Gasteiger partial charge in [0.05, 0.1) is 19.3 Å². The van der Waals surface area contributed by atoms with E-state index in [1.54, 1.807) is 16.7 Å². The predicted molar refractivity (Wildman–Crippen MR) is 86.2 cm³/mol. The van der Waals surface area contributed by atoms with Crippen molar-refractivity contribution in [2.24, 2.45) is 5.73 Å². The van der Waals surface area contributed by atoms with Gasteiger partial charge in [0.2, 0.25) is 5.89 Å². The summed E-state index contributed by atoms with van der Waals surface area (Å²) in [5, 5.41) is 0. The Morgan fingerprint density at radius 1 is 1.43 bits per heavy atom. The summed E-state index contributed by atoms with van der Waals surface area (Å²) in [6.45, 7) is 2.46. The average Bonchev–Trinajstić information content (AvgIpc) is 3.23. The van der Waals surface area contributed by atoms with Crippen LogP contribution in [0.1, 0.15) is 41.7 Å². The van der Waals surface area contributed by atoms with Gasteiger partial charge in [-0.3, -0.25) is 4.79 Å². The van der Waals surface area contributed by atoms with Crippen molar-refractivity contribution in [3.05, 3.63) is 17.8 Å². The first-order chi connectivity index (χ1) is 11.1. The number of hydrogen-bond donors (Lipinski definition) is 1. The number of amides is 1. The summed E-state index contributed by atoms with van der Waals surface area (Å²) in [7, 11) is 0. The fraction of sp³-hybridized carbons (Fsp3) is 0.733. The smallest absolute Gasteiger partial charge is 0.275 e. The number of carbonyl (C=O) groups is 1. The number of nitrogens with zero attached hydrogens (tertiary/aromatic N) is 2. The van der Waals surface area contributed by atoms with Crippen molar-refractivity contribution in [3.63, 3.8) is 0 Å². The van der Waals surface area contributed by atoms with Gasteiger partial charge >= 0.3 is 0 Å². The zero-order valence-corrected chi connectivity index (χ0v) is 14.1. The first-order valence-corrected chi connectivity index (χ1v) is 9.30. The maximum absolute atomic E-state index is 12.5. The van der Waals surface area contributed by atoms with E-state index in [4.69, 9.17) is 19.6 Å². The van der Waals surface area contributed by atoms with Gasteiger partial charge < -0.3 is 24.5 Å². The number of rotatable bonds is 5. The highest BCUT2D eigenvalue weighted by Gasteiger charge is 2.41. The van der Waals surface area contributed by atoms with Crippen LogP contribution in [0.4, 0.5) is 0 Å². The predicted octanol–water partition coefficient (Wildman–Crippen LogP) is 1.41.